The van der Waals surface area contributed by atoms with Gasteiger partial charge in [-0.1, -0.05) is 24.3 Å². The van der Waals surface area contributed by atoms with Crippen LogP contribution in [0.15, 0.2) is 48.7 Å². The average molecular weight is 393 g/mol. The van der Waals surface area contributed by atoms with Gasteiger partial charge < -0.3 is 15.0 Å². The Morgan fingerprint density at radius 1 is 1.24 bits per heavy atom. The smallest absolute Gasteiger partial charge is 0.408 e. The number of nitrogens with one attached hydrogen (secondary N) is 2. The largest absolute Gasteiger partial charge is 0.444 e. The van der Waals surface area contributed by atoms with E-state index in [2.05, 4.69) is 27.4 Å². The number of fused-ring (bicyclic) bond motifs is 1. The van der Waals surface area contributed by atoms with E-state index < -0.39 is 11.7 Å². The Kier molecular flexibility index (Phi) is 6.01. The van der Waals surface area contributed by atoms with Crippen LogP contribution in [0, 0.1) is 6.92 Å². The second-order valence-corrected chi connectivity index (χ2v) is 8.03. The van der Waals surface area contributed by atoms with E-state index in [1.165, 1.54) is 0 Å². The molecule has 1 atom stereocenters. The molecule has 1 aromatic carbocycles. The molecule has 6 nitrogen and oxygen atoms in total. The number of carbonyl (C=O) groups excluding carboxylic acids is 1. The lowest BCUT2D eigenvalue weighted by Crippen LogP contribution is -2.35. The predicted octanol–water partition coefficient (Wildman–Crippen LogP) is 5.47. The van der Waals surface area contributed by atoms with Crippen molar-refractivity contribution in [1.29, 1.82) is 0 Å². The van der Waals surface area contributed by atoms with Crippen LogP contribution in [0.3, 0.4) is 0 Å². The summed E-state index contributed by atoms with van der Waals surface area (Å²) in [7, 11) is 0. The van der Waals surface area contributed by atoms with E-state index in [0.717, 1.165) is 27.9 Å². The molecule has 0 bridgehead atoms. The molecule has 2 N–H and O–H groups in total. The van der Waals surface area contributed by atoms with Crippen molar-refractivity contribution >= 4 is 17.0 Å². The van der Waals surface area contributed by atoms with Gasteiger partial charge in [0.25, 0.3) is 0 Å². The molecule has 2 aromatic heterocycles. The third-order valence-electron chi connectivity index (χ3n) is 4.35. The monoisotopic (exact) mass is 392 g/mol. The van der Waals surface area contributed by atoms with E-state index in [-0.39, 0.29) is 6.04 Å². The number of aromatic nitrogens is 3. The van der Waals surface area contributed by atoms with Gasteiger partial charge in [0.2, 0.25) is 0 Å². The number of aromatic amines is 1. The van der Waals surface area contributed by atoms with E-state index in [4.69, 9.17) is 9.72 Å². The summed E-state index contributed by atoms with van der Waals surface area (Å²) in [5.41, 5.74) is 3.21. The Bertz CT molecular complexity index is 1030. The lowest BCUT2D eigenvalue weighted by atomic mass is 10.1. The van der Waals surface area contributed by atoms with Gasteiger partial charge in [0.15, 0.2) is 0 Å². The Labute approximate surface area is 171 Å². The molecule has 0 radical (unpaired) electrons. The summed E-state index contributed by atoms with van der Waals surface area (Å²) in [5.74, 6) is 0.686. The van der Waals surface area contributed by atoms with Crippen LogP contribution in [-0.4, -0.2) is 26.6 Å². The first kappa shape index (κ1) is 20.6. The number of hydrogen-bond donors (Lipinski definition) is 2. The highest BCUT2D eigenvalue weighted by molar-refractivity contribution is 5.83. The van der Waals surface area contributed by atoms with Crippen LogP contribution < -0.4 is 5.32 Å². The van der Waals surface area contributed by atoms with Crippen LogP contribution in [0.1, 0.15) is 51.7 Å². The van der Waals surface area contributed by atoms with Gasteiger partial charge in [-0.3, -0.25) is 4.98 Å². The number of amides is 1. The molecule has 0 saturated heterocycles. The number of alkyl carbamates (subject to hydrolysis) is 1. The van der Waals surface area contributed by atoms with Gasteiger partial charge in [-0.05, 0) is 59.2 Å². The molecule has 0 fully saturated rings. The SMILES string of the molecule is C/C=C/C[C@H](NC(=O)OC(C)(C)C)c1nc(-c2ccc3nc(C)ccc3c2)c[nH]1. The first-order chi connectivity index (χ1) is 13.7. The number of carbonyl (C=O) groups is 1. The number of rotatable bonds is 5. The molecule has 1 amide bonds. The summed E-state index contributed by atoms with van der Waals surface area (Å²) >= 11 is 0. The standard InChI is InChI=1S/C23H28N4O2/c1-6-7-8-19(27-22(28)29-23(3,4)5)21-24-14-20(26-21)17-11-12-18-16(13-17)10-9-15(2)25-18/h6-7,9-14,19H,8H2,1-5H3,(H,24,26)(H,27,28)/b7-6+/t19-/m0/s1. The molecule has 0 aliphatic rings. The molecule has 2 heterocycles. The molecular weight excluding hydrogens is 364 g/mol. The fraction of sp³-hybridized carbons (Fsp3) is 0.348. The Morgan fingerprint density at radius 2 is 2.03 bits per heavy atom. The number of benzene rings is 1. The van der Waals surface area contributed by atoms with Crippen LogP contribution >= 0.6 is 0 Å². The second-order valence-electron chi connectivity index (χ2n) is 8.03. The minimum atomic E-state index is -0.555. The predicted molar refractivity (Wildman–Crippen MR) is 116 cm³/mol. The summed E-state index contributed by atoms with van der Waals surface area (Å²) in [6.07, 6.45) is 5.96. The third kappa shape index (κ3) is 5.44. The van der Waals surface area contributed by atoms with Gasteiger partial charge in [-0.2, -0.15) is 0 Å². The maximum absolute atomic E-state index is 12.3. The number of aryl methyl sites for hydroxylation is 1. The van der Waals surface area contributed by atoms with Crippen molar-refractivity contribution in [3.63, 3.8) is 0 Å². The topological polar surface area (TPSA) is 79.9 Å². The van der Waals surface area contributed by atoms with E-state index in [0.29, 0.717) is 12.2 Å². The Balaban J connectivity index is 1.84. The Hall–Kier alpha value is -3.15. The maximum atomic E-state index is 12.3. The lowest BCUT2D eigenvalue weighted by molar-refractivity contribution is 0.0502. The van der Waals surface area contributed by atoms with Gasteiger partial charge in [0, 0.05) is 22.8 Å². The lowest BCUT2D eigenvalue weighted by Gasteiger charge is -2.22. The summed E-state index contributed by atoms with van der Waals surface area (Å²) in [6, 6.07) is 9.84. The highest BCUT2D eigenvalue weighted by atomic mass is 16.6. The van der Waals surface area contributed by atoms with Crippen molar-refractivity contribution in [2.45, 2.75) is 52.7 Å². The van der Waals surface area contributed by atoms with Crippen LogP contribution in [0.2, 0.25) is 0 Å². The van der Waals surface area contributed by atoms with Crippen LogP contribution in [0.4, 0.5) is 4.79 Å². The molecule has 0 unspecified atom stereocenters. The zero-order valence-electron chi connectivity index (χ0n) is 17.6. The number of nitrogens with zero attached hydrogens (tertiary/aromatic N) is 2. The van der Waals surface area contributed by atoms with Crippen molar-refractivity contribution < 1.29 is 9.53 Å². The average Bonchev–Trinajstić information content (AvgIpc) is 3.13. The van der Waals surface area contributed by atoms with Crippen molar-refractivity contribution in [3.05, 3.63) is 60.2 Å². The first-order valence-electron chi connectivity index (χ1n) is 9.79. The minimum Gasteiger partial charge on any atom is -0.444 e. The zero-order chi connectivity index (χ0) is 21.0. The molecule has 0 saturated carbocycles. The Morgan fingerprint density at radius 3 is 2.76 bits per heavy atom. The second kappa shape index (κ2) is 8.47. The number of hydrogen-bond acceptors (Lipinski definition) is 4. The van der Waals surface area contributed by atoms with Crippen molar-refractivity contribution in [1.82, 2.24) is 20.3 Å². The van der Waals surface area contributed by atoms with Crippen molar-refractivity contribution in [2.24, 2.45) is 0 Å². The molecule has 0 aliphatic heterocycles. The number of ether oxygens (including phenoxy) is 1. The van der Waals surface area contributed by atoms with Gasteiger partial charge in [-0.15, -0.1) is 0 Å². The van der Waals surface area contributed by atoms with Gasteiger partial charge >= 0.3 is 6.09 Å². The molecule has 0 aliphatic carbocycles. The first-order valence-corrected chi connectivity index (χ1v) is 9.79. The van der Waals surface area contributed by atoms with E-state index >= 15 is 0 Å². The highest BCUT2D eigenvalue weighted by Crippen LogP contribution is 2.25. The molecular formula is C23H28N4O2. The molecule has 6 heteroatoms. The highest BCUT2D eigenvalue weighted by Gasteiger charge is 2.22. The minimum absolute atomic E-state index is 0.306. The summed E-state index contributed by atoms with van der Waals surface area (Å²) < 4.78 is 5.40. The quantitative estimate of drug-likeness (QED) is 0.565. The molecule has 29 heavy (non-hydrogen) atoms. The summed E-state index contributed by atoms with van der Waals surface area (Å²) in [5, 5.41) is 3.97. The van der Waals surface area contributed by atoms with Crippen molar-refractivity contribution in [3.8, 4) is 11.3 Å². The molecule has 3 aromatic rings. The number of H-pyrrole nitrogens is 1. The number of pyridine rings is 1. The summed E-state index contributed by atoms with van der Waals surface area (Å²) in [6.45, 7) is 9.45. The normalized spacial score (nSPS) is 13.0. The van der Waals surface area contributed by atoms with E-state index in [9.17, 15) is 4.79 Å². The van der Waals surface area contributed by atoms with Crippen LogP contribution in [-0.2, 0) is 4.74 Å². The fourth-order valence-electron chi connectivity index (χ4n) is 3.01. The van der Waals surface area contributed by atoms with Crippen molar-refractivity contribution in [2.75, 3.05) is 0 Å². The molecule has 152 valence electrons. The number of allylic oxidation sites excluding steroid dienone is 1. The molecule has 0 spiro atoms. The fourth-order valence-corrected chi connectivity index (χ4v) is 3.01. The van der Waals surface area contributed by atoms with Crippen LogP contribution in [0.5, 0.6) is 0 Å². The van der Waals surface area contributed by atoms with Crippen LogP contribution in [0.25, 0.3) is 22.2 Å². The third-order valence-corrected chi connectivity index (χ3v) is 4.35. The van der Waals surface area contributed by atoms with Gasteiger partial charge in [-0.25, -0.2) is 9.78 Å². The summed E-state index contributed by atoms with van der Waals surface area (Å²) in [4.78, 5) is 24.7. The van der Waals surface area contributed by atoms with E-state index in [1.54, 1.807) is 0 Å². The maximum Gasteiger partial charge on any atom is 0.408 e. The number of imidazole rings is 1. The zero-order valence-corrected chi connectivity index (χ0v) is 17.6. The van der Waals surface area contributed by atoms with E-state index in [1.807, 2.05) is 71.2 Å². The van der Waals surface area contributed by atoms with Gasteiger partial charge in [0.1, 0.15) is 11.4 Å². The van der Waals surface area contributed by atoms with Gasteiger partial charge in [0.05, 0.1) is 17.3 Å². The molecule has 3 rings (SSSR count).